The summed E-state index contributed by atoms with van der Waals surface area (Å²) in [5.74, 6) is 2.41. The number of benzene rings is 1. The van der Waals surface area contributed by atoms with Gasteiger partial charge in [0.15, 0.2) is 4.96 Å². The summed E-state index contributed by atoms with van der Waals surface area (Å²) in [4.78, 5) is 13.5. The van der Waals surface area contributed by atoms with Gasteiger partial charge in [-0.3, -0.25) is 9.30 Å². The molecular weight excluding hydrogens is 422 g/mol. The molecule has 1 fully saturated rings. The predicted molar refractivity (Wildman–Crippen MR) is 124 cm³/mol. The molecule has 166 valence electrons. The third-order valence-electron chi connectivity index (χ3n) is 6.69. The lowest BCUT2D eigenvalue weighted by Gasteiger charge is -2.30. The zero-order valence-electron chi connectivity index (χ0n) is 18.5. The normalized spacial score (nSPS) is 19.0. The number of ether oxygens (including phenoxy) is 2. The lowest BCUT2D eigenvalue weighted by atomic mass is 10.1. The number of aromatic nitrogens is 4. The maximum atomic E-state index is 5.70. The van der Waals surface area contributed by atoms with Crippen LogP contribution in [0.4, 0.5) is 0 Å². The molecule has 2 aliphatic rings. The van der Waals surface area contributed by atoms with Crippen LogP contribution in [0.25, 0.3) is 16.2 Å². The van der Waals surface area contributed by atoms with E-state index < -0.39 is 0 Å². The number of fused-ring (bicyclic) bond motifs is 2. The number of hydrogen-bond donors (Lipinski definition) is 0. The molecule has 1 unspecified atom stereocenters. The molecule has 6 rings (SSSR count). The van der Waals surface area contributed by atoms with Crippen LogP contribution in [0.1, 0.15) is 35.2 Å². The Bertz CT molecular complexity index is 1270. The van der Waals surface area contributed by atoms with E-state index in [4.69, 9.17) is 19.4 Å². The molecule has 3 aromatic heterocycles. The van der Waals surface area contributed by atoms with Crippen LogP contribution in [-0.2, 0) is 24.4 Å². The van der Waals surface area contributed by atoms with Gasteiger partial charge in [0.1, 0.15) is 11.6 Å². The summed E-state index contributed by atoms with van der Waals surface area (Å²) in [6.45, 7) is 7.40. The number of hydrogen-bond acceptors (Lipinski definition) is 6. The van der Waals surface area contributed by atoms with E-state index in [2.05, 4.69) is 44.5 Å². The van der Waals surface area contributed by atoms with Gasteiger partial charge in [0.25, 0.3) is 0 Å². The third-order valence-corrected chi connectivity index (χ3v) is 7.44. The highest BCUT2D eigenvalue weighted by Gasteiger charge is 2.31. The number of thiazole rings is 1. The first kappa shape index (κ1) is 20.0. The van der Waals surface area contributed by atoms with Crippen LogP contribution >= 0.6 is 11.3 Å². The molecule has 1 saturated heterocycles. The van der Waals surface area contributed by atoms with Gasteiger partial charge in [0.05, 0.1) is 36.5 Å². The number of methoxy groups -OCH3 is 1. The van der Waals surface area contributed by atoms with Crippen molar-refractivity contribution in [3.63, 3.8) is 0 Å². The Balaban J connectivity index is 1.37. The third kappa shape index (κ3) is 3.34. The molecule has 2 aliphatic heterocycles. The fourth-order valence-corrected chi connectivity index (χ4v) is 5.76. The molecular formula is C24H27N5O2S. The standard InChI is InChI=1S/C24H27N5O2S/c1-16-20(29-9-11-32-24(29)25-16)13-27-7-8-28-21(14-27)22(17-4-3-5-19(12-17)30-2)26-23(28)18-6-10-31-15-18/h3-5,9,11-12,18H,6-8,10,13-15H2,1-2H3. The molecule has 0 N–H and O–H groups in total. The first-order valence-corrected chi connectivity index (χ1v) is 12.0. The highest BCUT2D eigenvalue weighted by Crippen LogP contribution is 2.35. The fourth-order valence-electron chi connectivity index (χ4n) is 4.98. The predicted octanol–water partition coefficient (Wildman–Crippen LogP) is 4.10. The topological polar surface area (TPSA) is 56.8 Å². The van der Waals surface area contributed by atoms with Crippen LogP contribution in [-0.4, -0.2) is 50.7 Å². The molecule has 0 radical (unpaired) electrons. The molecule has 4 aromatic rings. The number of nitrogens with zero attached hydrogens (tertiary/aromatic N) is 5. The largest absolute Gasteiger partial charge is 0.497 e. The van der Waals surface area contributed by atoms with Gasteiger partial charge in [-0.25, -0.2) is 9.97 Å². The van der Waals surface area contributed by atoms with Gasteiger partial charge in [0.2, 0.25) is 0 Å². The van der Waals surface area contributed by atoms with E-state index in [1.165, 1.54) is 17.2 Å². The molecule has 7 nitrogen and oxygen atoms in total. The van der Waals surface area contributed by atoms with Crippen LogP contribution in [0.15, 0.2) is 35.8 Å². The second-order valence-corrected chi connectivity index (χ2v) is 9.49. The van der Waals surface area contributed by atoms with Crippen LogP contribution in [0.3, 0.4) is 0 Å². The summed E-state index contributed by atoms with van der Waals surface area (Å²) < 4.78 is 15.9. The number of rotatable bonds is 5. The highest BCUT2D eigenvalue weighted by molar-refractivity contribution is 7.15. The SMILES string of the molecule is COc1cccc(-c2nc(C3CCOC3)n3c2CN(Cc2c(C)nc4sccn24)CC3)c1. The lowest BCUT2D eigenvalue weighted by Crippen LogP contribution is -2.34. The summed E-state index contributed by atoms with van der Waals surface area (Å²) in [6.07, 6.45) is 3.17. The highest BCUT2D eigenvalue weighted by atomic mass is 32.1. The number of imidazole rings is 2. The molecule has 32 heavy (non-hydrogen) atoms. The average Bonchev–Trinajstić information content (AvgIpc) is 3.59. The van der Waals surface area contributed by atoms with Crippen molar-refractivity contribution in [3.05, 3.63) is 58.7 Å². The van der Waals surface area contributed by atoms with Crippen molar-refractivity contribution in [2.45, 2.75) is 38.9 Å². The zero-order valence-corrected chi connectivity index (χ0v) is 19.3. The van der Waals surface area contributed by atoms with Gasteiger partial charge in [-0.1, -0.05) is 12.1 Å². The zero-order chi connectivity index (χ0) is 21.7. The van der Waals surface area contributed by atoms with Crippen molar-refractivity contribution in [3.8, 4) is 17.0 Å². The van der Waals surface area contributed by atoms with Crippen LogP contribution in [0.2, 0.25) is 0 Å². The van der Waals surface area contributed by atoms with Crippen molar-refractivity contribution in [2.24, 2.45) is 0 Å². The van der Waals surface area contributed by atoms with E-state index in [9.17, 15) is 0 Å². The fraction of sp³-hybridized carbons (Fsp3) is 0.417. The Labute approximate surface area is 191 Å². The van der Waals surface area contributed by atoms with Gasteiger partial charge in [-0.15, -0.1) is 11.3 Å². The lowest BCUT2D eigenvalue weighted by molar-refractivity contribution is 0.189. The molecule has 0 aliphatic carbocycles. The monoisotopic (exact) mass is 449 g/mol. The summed E-state index contributed by atoms with van der Waals surface area (Å²) in [5.41, 5.74) is 5.87. The second kappa shape index (κ2) is 8.03. The van der Waals surface area contributed by atoms with E-state index in [0.717, 1.165) is 73.5 Å². The van der Waals surface area contributed by atoms with Crippen LogP contribution in [0, 0.1) is 6.92 Å². The molecule has 5 heterocycles. The van der Waals surface area contributed by atoms with Crippen molar-refractivity contribution in [2.75, 3.05) is 26.9 Å². The van der Waals surface area contributed by atoms with E-state index in [0.29, 0.717) is 5.92 Å². The molecule has 0 spiro atoms. The minimum absolute atomic E-state index is 0.377. The van der Waals surface area contributed by atoms with Gasteiger partial charge in [0, 0.05) is 55.8 Å². The Kier molecular flexibility index (Phi) is 5.01. The Morgan fingerprint density at radius 2 is 2.19 bits per heavy atom. The summed E-state index contributed by atoms with van der Waals surface area (Å²) in [5, 5.41) is 2.10. The molecule has 1 atom stereocenters. The first-order chi connectivity index (χ1) is 15.7. The maximum absolute atomic E-state index is 5.70. The summed E-state index contributed by atoms with van der Waals surface area (Å²) >= 11 is 1.69. The van der Waals surface area contributed by atoms with Crippen molar-refractivity contribution < 1.29 is 9.47 Å². The van der Waals surface area contributed by atoms with Gasteiger partial charge >= 0.3 is 0 Å². The van der Waals surface area contributed by atoms with Crippen LogP contribution < -0.4 is 4.74 Å². The molecule has 1 aromatic carbocycles. The van der Waals surface area contributed by atoms with Crippen molar-refractivity contribution in [1.82, 2.24) is 23.8 Å². The summed E-state index contributed by atoms with van der Waals surface area (Å²) in [6, 6.07) is 8.25. The van der Waals surface area contributed by atoms with E-state index in [-0.39, 0.29) is 0 Å². The summed E-state index contributed by atoms with van der Waals surface area (Å²) in [7, 11) is 1.71. The minimum atomic E-state index is 0.377. The van der Waals surface area contributed by atoms with E-state index in [1.54, 1.807) is 18.4 Å². The Morgan fingerprint density at radius 3 is 3.03 bits per heavy atom. The van der Waals surface area contributed by atoms with Crippen molar-refractivity contribution in [1.29, 1.82) is 0 Å². The smallest absolute Gasteiger partial charge is 0.194 e. The van der Waals surface area contributed by atoms with E-state index >= 15 is 0 Å². The van der Waals surface area contributed by atoms with Crippen LogP contribution in [0.5, 0.6) is 5.75 Å². The maximum Gasteiger partial charge on any atom is 0.194 e. The molecule has 0 saturated carbocycles. The minimum Gasteiger partial charge on any atom is -0.497 e. The quantitative estimate of drug-likeness (QED) is 0.459. The molecule has 0 bridgehead atoms. The first-order valence-electron chi connectivity index (χ1n) is 11.2. The number of aryl methyl sites for hydroxylation is 1. The van der Waals surface area contributed by atoms with Gasteiger partial charge < -0.3 is 14.0 Å². The Hall–Kier alpha value is -2.68. The van der Waals surface area contributed by atoms with Crippen molar-refractivity contribution >= 4 is 16.3 Å². The molecule has 0 amide bonds. The average molecular weight is 450 g/mol. The van der Waals surface area contributed by atoms with Gasteiger partial charge in [-0.2, -0.15) is 0 Å². The Morgan fingerprint density at radius 1 is 1.25 bits per heavy atom. The molecule has 8 heteroatoms. The van der Waals surface area contributed by atoms with Gasteiger partial charge in [-0.05, 0) is 25.5 Å². The second-order valence-electron chi connectivity index (χ2n) is 8.62. The van der Waals surface area contributed by atoms with E-state index in [1.807, 2.05) is 12.1 Å².